The molecule has 0 saturated carbocycles. The predicted molar refractivity (Wildman–Crippen MR) is 223 cm³/mol. The fourth-order valence-electron chi connectivity index (χ4n) is 7.55. The highest BCUT2D eigenvalue weighted by Gasteiger charge is 2.40. The Hall–Kier alpha value is -3.82. The minimum absolute atomic E-state index is 0.0157. The smallest absolute Gasteiger partial charge is 0.0152 e. The highest BCUT2D eigenvalue weighted by molar-refractivity contribution is 7.80. The van der Waals surface area contributed by atoms with Crippen LogP contribution in [0.2, 0.25) is 0 Å². The molecule has 2 heteroatoms. The molecule has 0 nitrogen and oxygen atoms in total. The van der Waals surface area contributed by atoms with Crippen LogP contribution in [0.25, 0.3) is 0 Å². The third-order valence-electron chi connectivity index (χ3n) is 10.4. The standard InChI is InChI=1S/C48H50P2/c1-46(2,3)34-29-42-40(44(31-34)49(36-21-13-9-14-22-36)37-23-15-10-16-24-37)33-41-43(48(42,7)8)30-35(47(4,5)6)32-45(41)50(38-25-17-11-18-26-38)39-27-19-12-20-28-39/h9-32H,33H2,1-8H3. The Bertz CT molecular complexity index is 1870. The summed E-state index contributed by atoms with van der Waals surface area (Å²) in [5.74, 6) is 0. The summed E-state index contributed by atoms with van der Waals surface area (Å²) in [6, 6.07) is 55.4. The summed E-state index contributed by atoms with van der Waals surface area (Å²) in [4.78, 5) is 0. The fraction of sp³-hybridized carbons (Fsp3) is 0.250. The second kappa shape index (κ2) is 13.4. The van der Waals surface area contributed by atoms with Crippen molar-refractivity contribution in [2.24, 2.45) is 0 Å². The molecule has 50 heavy (non-hydrogen) atoms. The van der Waals surface area contributed by atoms with Crippen molar-refractivity contribution in [1.29, 1.82) is 0 Å². The van der Waals surface area contributed by atoms with Gasteiger partial charge in [-0.1, -0.05) is 189 Å². The minimum atomic E-state index is -0.787. The van der Waals surface area contributed by atoms with Gasteiger partial charge in [0.15, 0.2) is 0 Å². The average molecular weight is 689 g/mol. The third-order valence-corrected chi connectivity index (χ3v) is 15.4. The van der Waals surface area contributed by atoms with Gasteiger partial charge in [0, 0.05) is 5.41 Å². The summed E-state index contributed by atoms with van der Waals surface area (Å²) in [5, 5.41) is 8.64. The van der Waals surface area contributed by atoms with Crippen molar-refractivity contribution in [3.8, 4) is 0 Å². The number of fused-ring (bicyclic) bond motifs is 2. The van der Waals surface area contributed by atoms with Crippen molar-refractivity contribution >= 4 is 47.7 Å². The van der Waals surface area contributed by atoms with Crippen LogP contribution in [0.3, 0.4) is 0 Å². The summed E-state index contributed by atoms with van der Waals surface area (Å²) in [6.07, 6.45) is 0.935. The molecule has 0 spiro atoms. The maximum absolute atomic E-state index is 2.59. The molecule has 0 fully saturated rings. The van der Waals surface area contributed by atoms with Gasteiger partial charge in [0.2, 0.25) is 0 Å². The fourth-order valence-corrected chi connectivity index (χ4v) is 12.6. The van der Waals surface area contributed by atoms with Crippen molar-refractivity contribution in [3.63, 3.8) is 0 Å². The van der Waals surface area contributed by atoms with Crippen molar-refractivity contribution in [2.75, 3.05) is 0 Å². The van der Waals surface area contributed by atoms with Crippen LogP contribution in [-0.2, 0) is 22.7 Å². The zero-order valence-corrected chi connectivity index (χ0v) is 32.7. The third kappa shape index (κ3) is 6.55. The molecule has 0 amide bonds. The zero-order valence-electron chi connectivity index (χ0n) is 31.0. The lowest BCUT2D eigenvalue weighted by Crippen LogP contribution is -2.38. The lowest BCUT2D eigenvalue weighted by atomic mass is 9.66. The molecule has 1 aliphatic rings. The molecule has 1 aliphatic carbocycles. The number of benzene rings is 6. The van der Waals surface area contributed by atoms with E-state index in [1.807, 2.05) is 0 Å². The Kier molecular flexibility index (Phi) is 9.27. The van der Waals surface area contributed by atoms with Crippen LogP contribution in [0.15, 0.2) is 146 Å². The van der Waals surface area contributed by atoms with Gasteiger partial charge in [0.1, 0.15) is 0 Å². The molecule has 0 aromatic heterocycles. The molecule has 0 unspecified atom stereocenters. The minimum Gasteiger partial charge on any atom is -0.0622 e. The van der Waals surface area contributed by atoms with E-state index in [1.54, 1.807) is 0 Å². The zero-order chi connectivity index (χ0) is 35.3. The first kappa shape index (κ1) is 34.6. The average Bonchev–Trinajstić information content (AvgIpc) is 3.10. The molecule has 0 bridgehead atoms. The summed E-state index contributed by atoms with van der Waals surface area (Å²) in [6.45, 7) is 19.2. The van der Waals surface area contributed by atoms with Gasteiger partial charge in [0.05, 0.1) is 0 Å². The van der Waals surface area contributed by atoms with E-state index in [-0.39, 0.29) is 16.2 Å². The molecule has 0 saturated heterocycles. The van der Waals surface area contributed by atoms with Gasteiger partial charge in [0.25, 0.3) is 0 Å². The second-order valence-corrected chi connectivity index (χ2v) is 20.7. The summed E-state index contributed by atoms with van der Waals surface area (Å²) < 4.78 is 0. The van der Waals surface area contributed by atoms with Crippen molar-refractivity contribution in [1.82, 2.24) is 0 Å². The lowest BCUT2D eigenvalue weighted by molar-refractivity contribution is 0.568. The number of rotatable bonds is 6. The largest absolute Gasteiger partial charge is 0.0622 e. The molecular weight excluding hydrogens is 638 g/mol. The van der Waals surface area contributed by atoms with Crippen LogP contribution < -0.4 is 31.8 Å². The first-order chi connectivity index (χ1) is 23.8. The van der Waals surface area contributed by atoms with Crippen LogP contribution in [0, 0.1) is 0 Å². The van der Waals surface area contributed by atoms with Gasteiger partial charge in [-0.05, 0) is 110 Å². The molecule has 6 aromatic rings. The van der Waals surface area contributed by atoms with E-state index >= 15 is 0 Å². The van der Waals surface area contributed by atoms with Crippen LogP contribution in [0.1, 0.15) is 88.8 Å². The number of hydrogen-bond acceptors (Lipinski definition) is 0. The predicted octanol–water partition coefficient (Wildman–Crippen LogP) is 10.0. The SMILES string of the molecule is CC(C)(C)c1cc(P(c2ccccc2)c2ccccc2)c2c(c1)C(C)(C)c1cc(C(C)(C)C)cc(P(c3ccccc3)c3ccccc3)c1C2. The monoisotopic (exact) mass is 688 g/mol. The topological polar surface area (TPSA) is 0 Å². The van der Waals surface area contributed by atoms with Crippen LogP contribution in [0.5, 0.6) is 0 Å². The van der Waals surface area contributed by atoms with E-state index in [2.05, 4.69) is 201 Å². The Morgan fingerprint density at radius 3 is 0.960 bits per heavy atom. The van der Waals surface area contributed by atoms with Crippen LogP contribution >= 0.6 is 15.8 Å². The Morgan fingerprint density at radius 1 is 0.420 bits per heavy atom. The summed E-state index contributed by atoms with van der Waals surface area (Å²) in [5.41, 5.74) is 8.72. The van der Waals surface area contributed by atoms with E-state index in [1.165, 1.54) is 65.2 Å². The second-order valence-electron chi connectivity index (χ2n) is 16.4. The highest BCUT2D eigenvalue weighted by Crippen LogP contribution is 2.49. The van der Waals surface area contributed by atoms with Crippen LogP contribution in [-0.4, -0.2) is 0 Å². The lowest BCUT2D eigenvalue weighted by Gasteiger charge is -2.41. The Morgan fingerprint density at radius 2 is 0.700 bits per heavy atom. The number of hydrogen-bond donors (Lipinski definition) is 0. The molecule has 0 atom stereocenters. The van der Waals surface area contributed by atoms with E-state index in [4.69, 9.17) is 0 Å². The Labute approximate surface area is 303 Å². The van der Waals surface area contributed by atoms with E-state index < -0.39 is 15.8 Å². The molecule has 7 rings (SSSR count). The molecule has 0 heterocycles. The van der Waals surface area contributed by atoms with Gasteiger partial charge in [-0.3, -0.25) is 0 Å². The van der Waals surface area contributed by atoms with Gasteiger partial charge < -0.3 is 0 Å². The first-order valence-electron chi connectivity index (χ1n) is 18.0. The van der Waals surface area contributed by atoms with E-state index in [0.717, 1.165) is 6.42 Å². The molecule has 0 N–H and O–H groups in total. The molecule has 0 aliphatic heterocycles. The van der Waals surface area contributed by atoms with E-state index in [0.29, 0.717) is 0 Å². The van der Waals surface area contributed by atoms with Gasteiger partial charge in [-0.15, -0.1) is 0 Å². The molecule has 6 aromatic carbocycles. The van der Waals surface area contributed by atoms with Crippen LogP contribution in [0.4, 0.5) is 0 Å². The van der Waals surface area contributed by atoms with Gasteiger partial charge >= 0.3 is 0 Å². The summed E-state index contributed by atoms with van der Waals surface area (Å²) >= 11 is 0. The van der Waals surface area contributed by atoms with Crippen molar-refractivity contribution < 1.29 is 0 Å². The maximum Gasteiger partial charge on any atom is 0.0152 e. The normalized spacial score (nSPS) is 14.0. The van der Waals surface area contributed by atoms with Crippen molar-refractivity contribution in [3.05, 3.63) is 179 Å². The Balaban J connectivity index is 1.57. The first-order valence-corrected chi connectivity index (χ1v) is 20.7. The highest BCUT2D eigenvalue weighted by atomic mass is 31.1. The molecule has 0 radical (unpaired) electrons. The van der Waals surface area contributed by atoms with Gasteiger partial charge in [-0.25, -0.2) is 0 Å². The maximum atomic E-state index is 2.59. The van der Waals surface area contributed by atoms with Crippen molar-refractivity contribution in [2.45, 2.75) is 78.1 Å². The summed E-state index contributed by atoms with van der Waals surface area (Å²) in [7, 11) is -1.57. The molecular formula is C48H50P2. The van der Waals surface area contributed by atoms with E-state index in [9.17, 15) is 0 Å². The quantitative estimate of drug-likeness (QED) is 0.153. The molecule has 252 valence electrons. The van der Waals surface area contributed by atoms with Gasteiger partial charge in [-0.2, -0.15) is 0 Å².